The third-order valence-electron chi connectivity index (χ3n) is 3.34. The standard InChI is InChI=1S/C14H26N2S/c1-4-5-9-17-13-7-6-8-14(10-13,11-15)16-12(2)3/h12-13,16H,4-10H2,1-3H3. The van der Waals surface area contributed by atoms with Crippen LogP contribution in [0.15, 0.2) is 0 Å². The van der Waals surface area contributed by atoms with Crippen LogP contribution in [0.4, 0.5) is 0 Å². The number of unbranched alkanes of at least 4 members (excludes halogenated alkanes) is 1. The van der Waals surface area contributed by atoms with E-state index in [1.807, 2.05) is 0 Å². The fraction of sp³-hybridized carbons (Fsp3) is 0.929. The lowest BCUT2D eigenvalue weighted by Gasteiger charge is -2.37. The Bertz CT molecular complexity index is 259. The summed E-state index contributed by atoms with van der Waals surface area (Å²) in [5, 5.41) is 13.6. The van der Waals surface area contributed by atoms with Crippen molar-refractivity contribution in [3.8, 4) is 6.07 Å². The van der Waals surface area contributed by atoms with Gasteiger partial charge in [-0.15, -0.1) is 0 Å². The zero-order chi connectivity index (χ0) is 12.7. The quantitative estimate of drug-likeness (QED) is 0.734. The van der Waals surface area contributed by atoms with Gasteiger partial charge in [-0.05, 0) is 51.7 Å². The second kappa shape index (κ2) is 7.28. The summed E-state index contributed by atoms with van der Waals surface area (Å²) in [7, 11) is 0. The molecule has 0 aromatic heterocycles. The zero-order valence-electron chi connectivity index (χ0n) is 11.5. The summed E-state index contributed by atoms with van der Waals surface area (Å²) in [6.07, 6.45) is 7.10. The zero-order valence-corrected chi connectivity index (χ0v) is 12.3. The van der Waals surface area contributed by atoms with Crippen molar-refractivity contribution < 1.29 is 0 Å². The van der Waals surface area contributed by atoms with Gasteiger partial charge in [0.05, 0.1) is 6.07 Å². The van der Waals surface area contributed by atoms with Gasteiger partial charge in [-0.1, -0.05) is 13.3 Å². The molecule has 1 N–H and O–H groups in total. The number of nitriles is 1. The van der Waals surface area contributed by atoms with E-state index in [1.165, 1.54) is 31.4 Å². The molecule has 3 heteroatoms. The maximum absolute atomic E-state index is 9.46. The molecule has 1 saturated carbocycles. The van der Waals surface area contributed by atoms with Crippen LogP contribution in [0.5, 0.6) is 0 Å². The van der Waals surface area contributed by atoms with Gasteiger partial charge in [0.1, 0.15) is 5.54 Å². The van der Waals surface area contributed by atoms with E-state index in [4.69, 9.17) is 0 Å². The van der Waals surface area contributed by atoms with Crippen LogP contribution in [0.3, 0.4) is 0 Å². The highest BCUT2D eigenvalue weighted by Gasteiger charge is 2.36. The molecule has 0 saturated heterocycles. The predicted molar refractivity (Wildman–Crippen MR) is 76.2 cm³/mol. The molecule has 0 aliphatic heterocycles. The third kappa shape index (κ3) is 4.89. The SMILES string of the molecule is CCCCSC1CCCC(C#N)(NC(C)C)C1. The Labute approximate surface area is 111 Å². The van der Waals surface area contributed by atoms with Crippen LogP contribution in [-0.2, 0) is 0 Å². The van der Waals surface area contributed by atoms with Crippen molar-refractivity contribution in [1.82, 2.24) is 5.32 Å². The van der Waals surface area contributed by atoms with Crippen LogP contribution in [0, 0.1) is 11.3 Å². The molecule has 17 heavy (non-hydrogen) atoms. The molecule has 0 bridgehead atoms. The number of rotatable bonds is 6. The number of nitrogens with one attached hydrogen (secondary N) is 1. The molecule has 0 aromatic carbocycles. The second-order valence-electron chi connectivity index (χ2n) is 5.44. The molecule has 0 aromatic rings. The monoisotopic (exact) mass is 254 g/mol. The molecule has 0 spiro atoms. The summed E-state index contributed by atoms with van der Waals surface area (Å²) in [6, 6.07) is 2.94. The molecule has 0 amide bonds. The van der Waals surface area contributed by atoms with Crippen molar-refractivity contribution in [2.75, 3.05) is 5.75 Å². The Hall–Kier alpha value is -0.200. The molecular formula is C14H26N2S. The summed E-state index contributed by atoms with van der Waals surface area (Å²) in [4.78, 5) is 0. The van der Waals surface area contributed by atoms with E-state index in [-0.39, 0.29) is 5.54 Å². The lowest BCUT2D eigenvalue weighted by molar-refractivity contribution is 0.284. The number of thioether (sulfide) groups is 1. The molecule has 98 valence electrons. The van der Waals surface area contributed by atoms with Crippen LogP contribution in [0.25, 0.3) is 0 Å². The van der Waals surface area contributed by atoms with Crippen molar-refractivity contribution >= 4 is 11.8 Å². The van der Waals surface area contributed by atoms with E-state index in [1.54, 1.807) is 0 Å². The highest BCUT2D eigenvalue weighted by molar-refractivity contribution is 7.99. The van der Waals surface area contributed by atoms with Gasteiger partial charge < -0.3 is 0 Å². The molecule has 2 atom stereocenters. The van der Waals surface area contributed by atoms with E-state index in [2.05, 4.69) is 43.9 Å². The van der Waals surface area contributed by atoms with Gasteiger partial charge in [0.2, 0.25) is 0 Å². The molecule has 1 aliphatic carbocycles. The van der Waals surface area contributed by atoms with Crippen LogP contribution in [-0.4, -0.2) is 22.6 Å². The van der Waals surface area contributed by atoms with Crippen molar-refractivity contribution in [1.29, 1.82) is 5.26 Å². The maximum atomic E-state index is 9.46. The molecular weight excluding hydrogens is 228 g/mol. The lowest BCUT2D eigenvalue weighted by atomic mass is 9.82. The average Bonchev–Trinajstić information content (AvgIpc) is 2.29. The molecule has 2 unspecified atom stereocenters. The summed E-state index contributed by atoms with van der Waals surface area (Å²) in [5.74, 6) is 1.25. The van der Waals surface area contributed by atoms with Crippen molar-refractivity contribution in [3.63, 3.8) is 0 Å². The predicted octanol–water partition coefficient (Wildman–Crippen LogP) is 3.72. The van der Waals surface area contributed by atoms with E-state index in [9.17, 15) is 5.26 Å². The van der Waals surface area contributed by atoms with E-state index in [0.717, 1.165) is 12.8 Å². The minimum atomic E-state index is -0.254. The first kappa shape index (κ1) is 14.9. The number of hydrogen-bond acceptors (Lipinski definition) is 3. The Balaban J connectivity index is 2.48. The first-order valence-electron chi connectivity index (χ1n) is 6.92. The van der Waals surface area contributed by atoms with Gasteiger partial charge in [0, 0.05) is 11.3 Å². The van der Waals surface area contributed by atoms with Crippen LogP contribution in [0.1, 0.15) is 59.3 Å². The van der Waals surface area contributed by atoms with Crippen molar-refractivity contribution in [3.05, 3.63) is 0 Å². The maximum Gasteiger partial charge on any atom is 0.108 e. The molecule has 1 fully saturated rings. The fourth-order valence-electron chi connectivity index (χ4n) is 2.58. The van der Waals surface area contributed by atoms with Crippen molar-refractivity contribution in [2.45, 2.75) is 76.1 Å². The first-order chi connectivity index (χ1) is 8.12. The van der Waals surface area contributed by atoms with Crippen LogP contribution < -0.4 is 5.32 Å². The summed E-state index contributed by atoms with van der Waals surface area (Å²) < 4.78 is 0. The normalized spacial score (nSPS) is 29.2. The average molecular weight is 254 g/mol. The number of hydrogen-bond donors (Lipinski definition) is 1. The summed E-state index contributed by atoms with van der Waals surface area (Å²) in [5.41, 5.74) is -0.254. The molecule has 1 aliphatic rings. The van der Waals surface area contributed by atoms with Gasteiger partial charge in [-0.25, -0.2) is 0 Å². The third-order valence-corrected chi connectivity index (χ3v) is 4.73. The Kier molecular flexibility index (Phi) is 6.37. The minimum Gasteiger partial charge on any atom is -0.297 e. The summed E-state index contributed by atoms with van der Waals surface area (Å²) >= 11 is 2.08. The highest BCUT2D eigenvalue weighted by atomic mass is 32.2. The Morgan fingerprint density at radius 2 is 2.29 bits per heavy atom. The topological polar surface area (TPSA) is 35.8 Å². The van der Waals surface area contributed by atoms with Crippen LogP contribution >= 0.6 is 11.8 Å². The Morgan fingerprint density at radius 1 is 1.53 bits per heavy atom. The van der Waals surface area contributed by atoms with E-state index < -0.39 is 0 Å². The number of nitrogens with zero attached hydrogens (tertiary/aromatic N) is 1. The largest absolute Gasteiger partial charge is 0.297 e. The summed E-state index contributed by atoms with van der Waals surface area (Å²) in [6.45, 7) is 6.50. The van der Waals surface area contributed by atoms with Crippen LogP contribution in [0.2, 0.25) is 0 Å². The van der Waals surface area contributed by atoms with Gasteiger partial charge in [-0.3, -0.25) is 5.32 Å². The van der Waals surface area contributed by atoms with Gasteiger partial charge in [0.25, 0.3) is 0 Å². The fourth-order valence-corrected chi connectivity index (χ4v) is 4.10. The van der Waals surface area contributed by atoms with E-state index >= 15 is 0 Å². The molecule has 0 heterocycles. The van der Waals surface area contributed by atoms with Gasteiger partial charge in [-0.2, -0.15) is 17.0 Å². The van der Waals surface area contributed by atoms with E-state index in [0.29, 0.717) is 11.3 Å². The van der Waals surface area contributed by atoms with Gasteiger partial charge >= 0.3 is 0 Å². The highest BCUT2D eigenvalue weighted by Crippen LogP contribution is 2.35. The second-order valence-corrected chi connectivity index (χ2v) is 6.84. The lowest BCUT2D eigenvalue weighted by Crippen LogP contribution is -2.51. The van der Waals surface area contributed by atoms with Crippen molar-refractivity contribution in [2.24, 2.45) is 0 Å². The Morgan fingerprint density at radius 3 is 2.88 bits per heavy atom. The van der Waals surface area contributed by atoms with Gasteiger partial charge in [0.15, 0.2) is 0 Å². The molecule has 0 radical (unpaired) electrons. The molecule has 1 rings (SSSR count). The minimum absolute atomic E-state index is 0.254. The smallest absolute Gasteiger partial charge is 0.108 e. The first-order valence-corrected chi connectivity index (χ1v) is 7.97. The molecule has 2 nitrogen and oxygen atoms in total.